The Kier molecular flexibility index (Phi) is 7.28. The van der Waals surface area contributed by atoms with Crippen LogP contribution in [0, 0.1) is 6.92 Å². The first-order chi connectivity index (χ1) is 13.6. The molecule has 2 amide bonds. The van der Waals surface area contributed by atoms with Crippen molar-refractivity contribution in [2.75, 3.05) is 11.9 Å². The van der Waals surface area contributed by atoms with Crippen LogP contribution in [0.25, 0.3) is 0 Å². The topological polar surface area (TPSA) is 93.8 Å². The summed E-state index contributed by atoms with van der Waals surface area (Å²) in [5.41, 5.74) is -0.760. The van der Waals surface area contributed by atoms with Crippen molar-refractivity contribution in [1.29, 1.82) is 0 Å². The zero-order chi connectivity index (χ0) is 21.8. The molecule has 0 saturated carbocycles. The van der Waals surface area contributed by atoms with E-state index in [0.29, 0.717) is 13.1 Å². The van der Waals surface area contributed by atoms with Crippen LogP contribution in [0.2, 0.25) is 5.02 Å². The number of nitrogens with zero attached hydrogens (tertiary/aromatic N) is 4. The van der Waals surface area contributed by atoms with E-state index in [2.05, 4.69) is 20.8 Å². The quantitative estimate of drug-likeness (QED) is 0.667. The monoisotopic (exact) mass is 434 g/mol. The first-order valence-corrected chi connectivity index (χ1v) is 9.41. The normalized spacial score (nSPS) is 11.6. The Labute approximate surface area is 170 Å². The molecule has 2 aromatic rings. The molecular weight excluding hydrogens is 413 g/mol. The fourth-order valence-electron chi connectivity index (χ4n) is 2.51. The number of carbonyl (C=O) groups excluding carboxylic acids is 2. The molecule has 29 heavy (non-hydrogen) atoms. The van der Waals surface area contributed by atoms with Crippen LogP contribution in [0.4, 0.5) is 18.9 Å². The van der Waals surface area contributed by atoms with E-state index in [4.69, 9.17) is 11.6 Å². The highest BCUT2D eigenvalue weighted by atomic mass is 35.5. The second-order valence-electron chi connectivity index (χ2n) is 6.27. The fraction of sp³-hybridized carbons (Fsp3) is 0.529. The van der Waals surface area contributed by atoms with Crippen LogP contribution in [0.15, 0.2) is 6.20 Å². The smallest absolute Gasteiger partial charge is 0.351 e. The summed E-state index contributed by atoms with van der Waals surface area (Å²) >= 11 is 5.70. The molecular formula is C17H22ClF3N6O2. The van der Waals surface area contributed by atoms with Gasteiger partial charge in [-0.25, -0.2) is 0 Å². The van der Waals surface area contributed by atoms with Crippen molar-refractivity contribution < 1.29 is 22.8 Å². The molecule has 0 aromatic carbocycles. The minimum absolute atomic E-state index is 0.0753. The molecule has 0 atom stereocenters. The van der Waals surface area contributed by atoms with Gasteiger partial charge in [-0.3, -0.25) is 19.0 Å². The van der Waals surface area contributed by atoms with Gasteiger partial charge < -0.3 is 10.6 Å². The standard InChI is InChI=1S/C17H22ClF3N6O2/c1-4-7-22-16(29)14-11(9-26(5-2)24-14)23-12(28)6-8-27-10(3)13(18)15(25-27)17(19,20)21/h9H,4-8H2,1-3H3,(H,22,29)(H,23,28). The van der Waals surface area contributed by atoms with Crippen molar-refractivity contribution in [3.05, 3.63) is 28.3 Å². The number of halogens is 4. The zero-order valence-electron chi connectivity index (χ0n) is 16.2. The molecule has 0 aliphatic carbocycles. The van der Waals surface area contributed by atoms with Gasteiger partial charge >= 0.3 is 6.18 Å². The summed E-state index contributed by atoms with van der Waals surface area (Å²) in [6, 6.07) is 0. The van der Waals surface area contributed by atoms with Crippen LogP contribution in [-0.4, -0.2) is 37.9 Å². The van der Waals surface area contributed by atoms with E-state index in [1.807, 2.05) is 13.8 Å². The highest BCUT2D eigenvalue weighted by Crippen LogP contribution is 2.35. The molecule has 0 bridgehead atoms. The highest BCUT2D eigenvalue weighted by Gasteiger charge is 2.38. The van der Waals surface area contributed by atoms with Crippen LogP contribution >= 0.6 is 11.6 Å². The van der Waals surface area contributed by atoms with Gasteiger partial charge in [0.2, 0.25) is 5.91 Å². The number of carbonyl (C=O) groups is 2. The summed E-state index contributed by atoms with van der Waals surface area (Å²) in [6.07, 6.45) is -2.57. The number of nitrogens with one attached hydrogen (secondary N) is 2. The predicted molar refractivity (Wildman–Crippen MR) is 101 cm³/mol. The predicted octanol–water partition coefficient (Wildman–Crippen LogP) is 3.25. The second-order valence-corrected chi connectivity index (χ2v) is 6.65. The third-order valence-corrected chi connectivity index (χ3v) is 4.52. The number of alkyl halides is 3. The minimum atomic E-state index is -4.68. The van der Waals surface area contributed by atoms with Crippen LogP contribution < -0.4 is 10.6 Å². The lowest BCUT2D eigenvalue weighted by Gasteiger charge is -2.07. The maximum Gasteiger partial charge on any atom is 0.436 e. The van der Waals surface area contributed by atoms with E-state index in [1.54, 1.807) is 0 Å². The average molecular weight is 435 g/mol. The number of hydrogen-bond acceptors (Lipinski definition) is 4. The molecule has 0 aliphatic rings. The molecule has 2 rings (SSSR count). The molecule has 2 heterocycles. The number of aromatic nitrogens is 4. The second kappa shape index (κ2) is 9.29. The summed E-state index contributed by atoms with van der Waals surface area (Å²) in [6.45, 7) is 5.98. The molecule has 8 nitrogen and oxygen atoms in total. The van der Waals surface area contributed by atoms with Crippen LogP contribution in [0.3, 0.4) is 0 Å². The third kappa shape index (κ3) is 5.49. The van der Waals surface area contributed by atoms with Gasteiger partial charge in [-0.15, -0.1) is 0 Å². The lowest BCUT2D eigenvalue weighted by atomic mass is 10.3. The van der Waals surface area contributed by atoms with Gasteiger partial charge in [0.05, 0.1) is 22.9 Å². The maximum atomic E-state index is 12.9. The van der Waals surface area contributed by atoms with Gasteiger partial charge in [0, 0.05) is 25.7 Å². The molecule has 0 spiro atoms. The van der Waals surface area contributed by atoms with Crippen molar-refractivity contribution >= 4 is 29.1 Å². The van der Waals surface area contributed by atoms with E-state index >= 15 is 0 Å². The number of amides is 2. The van der Waals surface area contributed by atoms with Gasteiger partial charge in [0.15, 0.2) is 11.4 Å². The van der Waals surface area contributed by atoms with Crippen LogP contribution in [-0.2, 0) is 24.1 Å². The van der Waals surface area contributed by atoms with Crippen molar-refractivity contribution in [2.45, 2.75) is 52.9 Å². The molecule has 0 fully saturated rings. The molecule has 12 heteroatoms. The lowest BCUT2D eigenvalue weighted by Crippen LogP contribution is -2.26. The Bertz CT molecular complexity index is 891. The van der Waals surface area contributed by atoms with E-state index in [-0.39, 0.29) is 30.0 Å². The van der Waals surface area contributed by atoms with Crippen molar-refractivity contribution in [2.24, 2.45) is 0 Å². The van der Waals surface area contributed by atoms with Gasteiger partial charge in [0.1, 0.15) is 0 Å². The van der Waals surface area contributed by atoms with Crippen molar-refractivity contribution in [3.63, 3.8) is 0 Å². The molecule has 0 aliphatic heterocycles. The Balaban J connectivity index is 2.08. The Morgan fingerprint density at radius 1 is 1.24 bits per heavy atom. The summed E-state index contributed by atoms with van der Waals surface area (Å²) in [5, 5.41) is 12.4. The first kappa shape index (κ1) is 22.7. The van der Waals surface area contributed by atoms with E-state index in [1.165, 1.54) is 17.8 Å². The van der Waals surface area contributed by atoms with Crippen LogP contribution in [0.1, 0.15) is 48.6 Å². The third-order valence-electron chi connectivity index (χ3n) is 4.06. The molecule has 0 radical (unpaired) electrons. The molecule has 2 N–H and O–H groups in total. The zero-order valence-corrected chi connectivity index (χ0v) is 17.0. The number of rotatable bonds is 8. The molecule has 2 aromatic heterocycles. The fourth-order valence-corrected chi connectivity index (χ4v) is 2.75. The summed E-state index contributed by atoms with van der Waals surface area (Å²) in [4.78, 5) is 24.5. The van der Waals surface area contributed by atoms with Crippen molar-refractivity contribution in [1.82, 2.24) is 24.9 Å². The maximum absolute atomic E-state index is 12.9. The van der Waals surface area contributed by atoms with Gasteiger partial charge in [-0.1, -0.05) is 18.5 Å². The van der Waals surface area contributed by atoms with Gasteiger partial charge in [0.25, 0.3) is 5.91 Å². The van der Waals surface area contributed by atoms with E-state index < -0.39 is 28.7 Å². The lowest BCUT2D eigenvalue weighted by molar-refractivity contribution is -0.141. The molecule has 0 saturated heterocycles. The number of aryl methyl sites for hydroxylation is 2. The Morgan fingerprint density at radius 3 is 2.48 bits per heavy atom. The van der Waals surface area contributed by atoms with E-state index in [0.717, 1.165) is 11.1 Å². The first-order valence-electron chi connectivity index (χ1n) is 9.04. The average Bonchev–Trinajstić information content (AvgIpc) is 3.19. The summed E-state index contributed by atoms with van der Waals surface area (Å²) < 4.78 is 41.2. The molecule has 0 unspecified atom stereocenters. The van der Waals surface area contributed by atoms with Gasteiger partial charge in [-0.2, -0.15) is 23.4 Å². The largest absolute Gasteiger partial charge is 0.436 e. The SMILES string of the molecule is CCCNC(=O)c1nn(CC)cc1NC(=O)CCn1nc(C(F)(F)F)c(Cl)c1C. The Morgan fingerprint density at radius 2 is 1.93 bits per heavy atom. The van der Waals surface area contributed by atoms with Crippen LogP contribution in [0.5, 0.6) is 0 Å². The Hall–Kier alpha value is -2.56. The van der Waals surface area contributed by atoms with E-state index in [9.17, 15) is 22.8 Å². The molecule has 160 valence electrons. The number of hydrogen-bond donors (Lipinski definition) is 2. The van der Waals surface area contributed by atoms with Gasteiger partial charge in [-0.05, 0) is 20.3 Å². The van der Waals surface area contributed by atoms with Crippen molar-refractivity contribution in [3.8, 4) is 0 Å². The number of anilines is 1. The summed E-state index contributed by atoms with van der Waals surface area (Å²) in [7, 11) is 0. The highest BCUT2D eigenvalue weighted by molar-refractivity contribution is 6.31. The minimum Gasteiger partial charge on any atom is -0.351 e. The summed E-state index contributed by atoms with van der Waals surface area (Å²) in [5.74, 6) is -0.913.